The Morgan fingerprint density at radius 3 is 1.65 bits per heavy atom. The van der Waals surface area contributed by atoms with Gasteiger partial charge in [0.2, 0.25) is 0 Å². The Hall–Kier alpha value is -1.54. The van der Waals surface area contributed by atoms with Crippen molar-refractivity contribution < 1.29 is 0 Å². The van der Waals surface area contributed by atoms with Crippen molar-refractivity contribution in [3.05, 3.63) is 66.2 Å². The van der Waals surface area contributed by atoms with Crippen LogP contribution in [0.5, 0.6) is 0 Å². The molecular formula is C18H25NS. The van der Waals surface area contributed by atoms with Gasteiger partial charge in [0, 0.05) is 5.56 Å². The highest BCUT2D eigenvalue weighted by molar-refractivity contribution is 8.13. The lowest BCUT2D eigenvalue weighted by molar-refractivity contribution is 1.50. The molecule has 0 aliphatic rings. The highest BCUT2D eigenvalue weighted by Gasteiger charge is 2.00. The van der Waals surface area contributed by atoms with Crippen molar-refractivity contribution in [3.8, 4) is 0 Å². The average molecular weight is 287 g/mol. The molecule has 0 unspecified atom stereocenters. The minimum atomic E-state index is 0.996. The Morgan fingerprint density at radius 2 is 1.20 bits per heavy atom. The lowest BCUT2D eigenvalue weighted by atomic mass is 10.2. The SMILES string of the molecule is CC.CC.CSC(=Nc1ccccc1)c1ccccc1. The number of thioether (sulfide) groups is 1. The van der Waals surface area contributed by atoms with Crippen LogP contribution in [0.3, 0.4) is 0 Å². The molecule has 0 bridgehead atoms. The molecule has 0 aliphatic carbocycles. The summed E-state index contributed by atoms with van der Waals surface area (Å²) in [5.74, 6) is 0. The van der Waals surface area contributed by atoms with E-state index in [1.807, 2.05) is 76.2 Å². The van der Waals surface area contributed by atoms with E-state index in [0.717, 1.165) is 10.7 Å². The van der Waals surface area contributed by atoms with Crippen molar-refractivity contribution in [2.24, 2.45) is 4.99 Å². The lowest BCUT2D eigenvalue weighted by Crippen LogP contribution is -1.92. The first-order valence-corrected chi connectivity index (χ1v) is 8.36. The van der Waals surface area contributed by atoms with Gasteiger partial charge in [-0.15, -0.1) is 11.8 Å². The first-order chi connectivity index (χ1) is 9.90. The first kappa shape index (κ1) is 18.5. The summed E-state index contributed by atoms with van der Waals surface area (Å²) in [4.78, 5) is 4.63. The Morgan fingerprint density at radius 1 is 0.750 bits per heavy atom. The second-order valence-electron chi connectivity index (χ2n) is 3.32. The van der Waals surface area contributed by atoms with Gasteiger partial charge in [-0.25, -0.2) is 4.99 Å². The van der Waals surface area contributed by atoms with Crippen LogP contribution in [0.25, 0.3) is 0 Å². The molecule has 0 fully saturated rings. The fourth-order valence-corrected chi connectivity index (χ4v) is 2.00. The molecule has 0 spiro atoms. The zero-order chi connectivity index (χ0) is 15.2. The van der Waals surface area contributed by atoms with Gasteiger partial charge in [0.05, 0.1) is 5.69 Å². The summed E-state index contributed by atoms with van der Waals surface area (Å²) >= 11 is 1.67. The zero-order valence-corrected chi connectivity index (χ0v) is 13.9. The van der Waals surface area contributed by atoms with Crippen LogP contribution >= 0.6 is 11.8 Å². The van der Waals surface area contributed by atoms with E-state index in [1.165, 1.54) is 5.56 Å². The third-order valence-electron chi connectivity index (χ3n) is 2.20. The molecule has 0 atom stereocenters. The van der Waals surface area contributed by atoms with Gasteiger partial charge in [0.15, 0.2) is 0 Å². The van der Waals surface area contributed by atoms with Crippen LogP contribution in [0.4, 0.5) is 5.69 Å². The molecule has 1 nitrogen and oxygen atoms in total. The van der Waals surface area contributed by atoms with E-state index in [0.29, 0.717) is 0 Å². The predicted octanol–water partition coefficient (Wildman–Crippen LogP) is 6.18. The molecule has 0 saturated heterocycles. The number of aliphatic imine (C=N–C) groups is 1. The van der Waals surface area contributed by atoms with Crippen LogP contribution in [0.2, 0.25) is 0 Å². The summed E-state index contributed by atoms with van der Waals surface area (Å²) in [5, 5.41) is 1.05. The molecule has 2 aromatic carbocycles. The van der Waals surface area contributed by atoms with Crippen molar-refractivity contribution in [3.63, 3.8) is 0 Å². The van der Waals surface area contributed by atoms with E-state index in [1.54, 1.807) is 11.8 Å². The smallest absolute Gasteiger partial charge is 0.104 e. The van der Waals surface area contributed by atoms with Crippen molar-refractivity contribution >= 4 is 22.5 Å². The van der Waals surface area contributed by atoms with Gasteiger partial charge in [-0.2, -0.15) is 0 Å². The first-order valence-electron chi connectivity index (χ1n) is 7.13. The number of rotatable bonds is 2. The van der Waals surface area contributed by atoms with E-state index in [-0.39, 0.29) is 0 Å². The molecule has 0 amide bonds. The third kappa shape index (κ3) is 6.58. The number of nitrogens with zero attached hydrogens (tertiary/aromatic N) is 1. The molecule has 2 aromatic rings. The highest BCUT2D eigenvalue weighted by Crippen LogP contribution is 2.17. The summed E-state index contributed by atoms with van der Waals surface area (Å²) < 4.78 is 0. The zero-order valence-electron chi connectivity index (χ0n) is 13.1. The number of hydrogen-bond acceptors (Lipinski definition) is 2. The summed E-state index contributed by atoms with van der Waals surface area (Å²) in [7, 11) is 0. The predicted molar refractivity (Wildman–Crippen MR) is 95.3 cm³/mol. The van der Waals surface area contributed by atoms with Crippen LogP contribution in [0.15, 0.2) is 65.7 Å². The molecule has 20 heavy (non-hydrogen) atoms. The van der Waals surface area contributed by atoms with Gasteiger partial charge in [0.1, 0.15) is 5.04 Å². The standard InChI is InChI=1S/C14H13NS.2C2H6/c1-16-14(12-8-4-2-5-9-12)15-13-10-6-3-7-11-13;2*1-2/h2-11H,1H3;2*1-2H3. The number of para-hydroxylation sites is 1. The minimum Gasteiger partial charge on any atom is -0.241 e. The molecule has 0 saturated carbocycles. The highest BCUT2D eigenvalue weighted by atomic mass is 32.2. The summed E-state index contributed by atoms with van der Waals surface area (Å²) in [6.45, 7) is 8.00. The fourth-order valence-electron chi connectivity index (χ4n) is 1.43. The van der Waals surface area contributed by atoms with Gasteiger partial charge < -0.3 is 0 Å². The Bertz CT molecular complexity index is 463. The van der Waals surface area contributed by atoms with Crippen molar-refractivity contribution in [2.75, 3.05) is 6.26 Å². The molecule has 0 aliphatic heterocycles. The van der Waals surface area contributed by atoms with E-state index in [4.69, 9.17) is 0 Å². The largest absolute Gasteiger partial charge is 0.241 e. The van der Waals surface area contributed by atoms with Gasteiger partial charge in [-0.05, 0) is 18.4 Å². The second-order valence-corrected chi connectivity index (χ2v) is 4.12. The quantitative estimate of drug-likeness (QED) is 0.474. The van der Waals surface area contributed by atoms with Crippen LogP contribution in [-0.4, -0.2) is 11.3 Å². The molecule has 2 heteroatoms. The maximum absolute atomic E-state index is 4.63. The monoisotopic (exact) mass is 287 g/mol. The normalized spacial score (nSPS) is 9.75. The van der Waals surface area contributed by atoms with Gasteiger partial charge >= 0.3 is 0 Å². The average Bonchev–Trinajstić information content (AvgIpc) is 2.58. The number of hydrogen-bond donors (Lipinski definition) is 0. The summed E-state index contributed by atoms with van der Waals surface area (Å²) in [6, 6.07) is 20.3. The lowest BCUT2D eigenvalue weighted by Gasteiger charge is -2.03. The van der Waals surface area contributed by atoms with Crippen molar-refractivity contribution in [1.82, 2.24) is 0 Å². The van der Waals surface area contributed by atoms with Crippen molar-refractivity contribution in [1.29, 1.82) is 0 Å². The molecule has 0 aromatic heterocycles. The minimum absolute atomic E-state index is 0.996. The van der Waals surface area contributed by atoms with Crippen LogP contribution in [0, 0.1) is 0 Å². The van der Waals surface area contributed by atoms with Crippen LogP contribution < -0.4 is 0 Å². The number of benzene rings is 2. The van der Waals surface area contributed by atoms with Crippen LogP contribution in [-0.2, 0) is 0 Å². The van der Waals surface area contributed by atoms with E-state index in [9.17, 15) is 0 Å². The van der Waals surface area contributed by atoms with Gasteiger partial charge in [-0.1, -0.05) is 76.2 Å². The molecule has 0 N–H and O–H groups in total. The topological polar surface area (TPSA) is 12.4 Å². The van der Waals surface area contributed by atoms with E-state index >= 15 is 0 Å². The fraction of sp³-hybridized carbons (Fsp3) is 0.278. The Kier molecular flexibility index (Phi) is 11.5. The molecule has 0 heterocycles. The molecule has 108 valence electrons. The second kappa shape index (κ2) is 12.5. The molecular weight excluding hydrogens is 262 g/mol. The van der Waals surface area contributed by atoms with Crippen LogP contribution in [0.1, 0.15) is 33.3 Å². The van der Waals surface area contributed by atoms with E-state index in [2.05, 4.69) is 23.4 Å². The maximum Gasteiger partial charge on any atom is 0.104 e. The Balaban J connectivity index is 0.000000829. The third-order valence-corrected chi connectivity index (χ3v) is 2.91. The van der Waals surface area contributed by atoms with Gasteiger partial charge in [0.25, 0.3) is 0 Å². The van der Waals surface area contributed by atoms with E-state index < -0.39 is 0 Å². The summed E-state index contributed by atoms with van der Waals surface area (Å²) in [5.41, 5.74) is 2.16. The molecule has 2 rings (SSSR count). The van der Waals surface area contributed by atoms with Crippen molar-refractivity contribution in [2.45, 2.75) is 27.7 Å². The van der Waals surface area contributed by atoms with Gasteiger partial charge in [-0.3, -0.25) is 0 Å². The summed E-state index contributed by atoms with van der Waals surface area (Å²) in [6.07, 6.45) is 2.05. The molecule has 0 radical (unpaired) electrons. The maximum atomic E-state index is 4.63. The Labute approximate surface area is 128 Å².